The molecule has 0 saturated heterocycles. The Kier molecular flexibility index (Phi) is 5.49. The van der Waals surface area contributed by atoms with Crippen molar-refractivity contribution in [2.45, 2.75) is 19.5 Å². The highest BCUT2D eigenvalue weighted by Crippen LogP contribution is 2.38. The number of carboxylic acids is 1. The van der Waals surface area contributed by atoms with Gasteiger partial charge in [0.15, 0.2) is 0 Å². The van der Waals surface area contributed by atoms with Crippen molar-refractivity contribution < 1.29 is 37.0 Å². The zero-order chi connectivity index (χ0) is 21.2. The zero-order valence-corrected chi connectivity index (χ0v) is 15.0. The fourth-order valence-corrected chi connectivity index (χ4v) is 2.58. The molecule has 29 heavy (non-hydrogen) atoms. The Morgan fingerprint density at radius 3 is 2.34 bits per heavy atom. The number of aliphatic carboxylic acids is 1. The minimum absolute atomic E-state index is 0.0493. The molecule has 0 aliphatic rings. The van der Waals surface area contributed by atoms with E-state index in [1.807, 2.05) is 6.92 Å². The molecule has 0 fully saturated rings. The van der Waals surface area contributed by atoms with Crippen molar-refractivity contribution in [1.29, 1.82) is 0 Å². The minimum Gasteiger partial charge on any atom is -0.546 e. The third-order valence-electron chi connectivity index (χ3n) is 3.99. The Bertz CT molecular complexity index is 1100. The molecule has 0 amide bonds. The fourth-order valence-electron chi connectivity index (χ4n) is 2.58. The molecule has 0 unspecified atom stereocenters. The summed E-state index contributed by atoms with van der Waals surface area (Å²) in [5.41, 5.74) is -0.500. The number of alkyl halides is 3. The van der Waals surface area contributed by atoms with E-state index >= 15 is 0 Å². The van der Waals surface area contributed by atoms with E-state index in [1.165, 1.54) is 24.3 Å². The van der Waals surface area contributed by atoms with Crippen LogP contribution in [0.5, 0.6) is 17.2 Å². The van der Waals surface area contributed by atoms with Gasteiger partial charge in [-0.2, -0.15) is 13.2 Å². The van der Waals surface area contributed by atoms with Gasteiger partial charge in [-0.3, -0.25) is 4.79 Å². The molecule has 2 aromatic carbocycles. The first-order valence-electron chi connectivity index (χ1n) is 8.46. The van der Waals surface area contributed by atoms with E-state index < -0.39 is 41.3 Å². The number of fused-ring (bicyclic) bond motifs is 1. The maximum absolute atomic E-state index is 13.5. The quantitative estimate of drug-likeness (QED) is 0.623. The summed E-state index contributed by atoms with van der Waals surface area (Å²) in [4.78, 5) is 23.1. The molecule has 1 aromatic heterocycles. The lowest BCUT2D eigenvalue weighted by Crippen LogP contribution is -2.28. The van der Waals surface area contributed by atoms with Crippen LogP contribution in [0.1, 0.15) is 18.2 Å². The molecule has 152 valence electrons. The highest BCUT2D eigenvalue weighted by atomic mass is 19.4. The van der Waals surface area contributed by atoms with E-state index in [1.54, 1.807) is 12.1 Å². The molecule has 0 atom stereocenters. The second kappa shape index (κ2) is 7.86. The molecule has 0 spiro atoms. The van der Waals surface area contributed by atoms with Crippen LogP contribution in [-0.4, -0.2) is 12.6 Å². The Hall–Kier alpha value is -3.49. The van der Waals surface area contributed by atoms with Crippen molar-refractivity contribution in [1.82, 2.24) is 0 Å². The molecule has 3 aromatic rings. The predicted octanol–water partition coefficient (Wildman–Crippen LogP) is 3.30. The minimum atomic E-state index is -5.01. The number of halogens is 3. The van der Waals surface area contributed by atoms with E-state index in [4.69, 9.17) is 13.9 Å². The normalized spacial score (nSPS) is 11.4. The number of carboxylic acid groups (broad SMARTS) is 1. The standard InChI is InChI=1S/C20H15F3O6/c1-2-11-3-5-12(6-4-11)28-18-17(26)14-8-7-13(27-10-16(24)25)9-15(14)29-19(18)20(21,22)23/h3-9H,2,10H2,1H3,(H,24,25)/p-1. The fraction of sp³-hybridized carbons (Fsp3) is 0.200. The van der Waals surface area contributed by atoms with Gasteiger partial charge in [0.2, 0.25) is 11.2 Å². The van der Waals surface area contributed by atoms with E-state index in [9.17, 15) is 27.9 Å². The van der Waals surface area contributed by atoms with Crippen LogP contribution in [0.15, 0.2) is 51.7 Å². The summed E-state index contributed by atoms with van der Waals surface area (Å²) in [6.45, 7) is 1.11. The van der Waals surface area contributed by atoms with Gasteiger partial charge in [-0.15, -0.1) is 0 Å². The molecule has 3 rings (SSSR count). The summed E-state index contributed by atoms with van der Waals surface area (Å²) in [5, 5.41) is 10.3. The lowest BCUT2D eigenvalue weighted by atomic mass is 10.1. The van der Waals surface area contributed by atoms with Crippen LogP contribution in [0.4, 0.5) is 13.2 Å². The van der Waals surface area contributed by atoms with E-state index in [0.29, 0.717) is 0 Å². The second-order valence-electron chi connectivity index (χ2n) is 6.01. The Morgan fingerprint density at radius 1 is 1.10 bits per heavy atom. The summed E-state index contributed by atoms with van der Waals surface area (Å²) in [7, 11) is 0. The number of rotatable bonds is 6. The topological polar surface area (TPSA) is 88.8 Å². The van der Waals surface area contributed by atoms with Crippen LogP contribution in [0.3, 0.4) is 0 Å². The van der Waals surface area contributed by atoms with E-state index in [0.717, 1.165) is 18.1 Å². The van der Waals surface area contributed by atoms with Crippen molar-refractivity contribution in [2.75, 3.05) is 6.61 Å². The number of carbonyl (C=O) groups excluding carboxylic acids is 1. The van der Waals surface area contributed by atoms with Crippen molar-refractivity contribution in [3.8, 4) is 17.2 Å². The van der Waals surface area contributed by atoms with Crippen LogP contribution in [0, 0.1) is 0 Å². The highest BCUT2D eigenvalue weighted by molar-refractivity contribution is 5.80. The average molecular weight is 407 g/mol. The summed E-state index contributed by atoms with van der Waals surface area (Å²) in [6, 6.07) is 9.65. The van der Waals surface area contributed by atoms with E-state index in [-0.39, 0.29) is 16.9 Å². The SMILES string of the molecule is CCc1ccc(Oc2c(C(F)(F)F)oc3cc(OCC(=O)[O-])ccc3c2=O)cc1. The molecule has 0 aliphatic heterocycles. The van der Waals surface area contributed by atoms with Crippen molar-refractivity contribution in [2.24, 2.45) is 0 Å². The second-order valence-corrected chi connectivity index (χ2v) is 6.01. The first-order valence-corrected chi connectivity index (χ1v) is 8.46. The number of benzene rings is 2. The molecular weight excluding hydrogens is 393 g/mol. The van der Waals surface area contributed by atoms with Gasteiger partial charge in [0.1, 0.15) is 23.7 Å². The molecular formula is C20H14F3O6-. The average Bonchev–Trinajstić information content (AvgIpc) is 2.68. The van der Waals surface area contributed by atoms with Gasteiger partial charge in [0.25, 0.3) is 5.76 Å². The largest absolute Gasteiger partial charge is 0.546 e. The molecule has 0 N–H and O–H groups in total. The van der Waals surface area contributed by atoms with Gasteiger partial charge in [0, 0.05) is 6.07 Å². The van der Waals surface area contributed by atoms with E-state index in [2.05, 4.69) is 0 Å². The lowest BCUT2D eigenvalue weighted by Gasteiger charge is -2.14. The lowest BCUT2D eigenvalue weighted by molar-refractivity contribution is -0.307. The first kappa shape index (κ1) is 20.2. The maximum atomic E-state index is 13.5. The number of ether oxygens (including phenoxy) is 2. The van der Waals surface area contributed by atoms with Crippen molar-refractivity contribution in [3.63, 3.8) is 0 Å². The molecule has 9 heteroatoms. The Morgan fingerprint density at radius 2 is 1.76 bits per heavy atom. The third kappa shape index (κ3) is 4.50. The smallest absolute Gasteiger partial charge is 0.453 e. The molecule has 6 nitrogen and oxygen atoms in total. The van der Waals surface area contributed by atoms with Crippen molar-refractivity contribution >= 4 is 16.9 Å². The Labute approximate surface area is 162 Å². The molecule has 0 radical (unpaired) electrons. The summed E-state index contributed by atoms with van der Waals surface area (Å²) in [5.74, 6) is -4.15. The van der Waals surface area contributed by atoms with Crippen LogP contribution < -0.4 is 20.0 Å². The van der Waals surface area contributed by atoms with Gasteiger partial charge >= 0.3 is 6.18 Å². The first-order chi connectivity index (χ1) is 13.7. The van der Waals surface area contributed by atoms with Gasteiger partial charge in [0.05, 0.1) is 11.4 Å². The monoisotopic (exact) mass is 407 g/mol. The third-order valence-corrected chi connectivity index (χ3v) is 3.99. The van der Waals surface area contributed by atoms with Gasteiger partial charge in [-0.05, 0) is 36.2 Å². The van der Waals surface area contributed by atoms with Crippen molar-refractivity contribution in [3.05, 3.63) is 64.0 Å². The molecule has 0 bridgehead atoms. The van der Waals surface area contributed by atoms with Crippen LogP contribution in [0.2, 0.25) is 0 Å². The van der Waals surface area contributed by atoms with Crippen LogP contribution >= 0.6 is 0 Å². The van der Waals surface area contributed by atoms with Crippen LogP contribution in [0.25, 0.3) is 11.0 Å². The zero-order valence-electron chi connectivity index (χ0n) is 15.0. The van der Waals surface area contributed by atoms with Gasteiger partial charge < -0.3 is 23.8 Å². The molecule has 0 aliphatic carbocycles. The number of hydrogen-bond acceptors (Lipinski definition) is 6. The molecule has 0 saturated carbocycles. The summed E-state index contributed by atoms with van der Waals surface area (Å²) in [6.07, 6.45) is -4.28. The number of hydrogen-bond donors (Lipinski definition) is 0. The summed E-state index contributed by atoms with van der Waals surface area (Å²) >= 11 is 0. The Balaban J connectivity index is 2.09. The predicted molar refractivity (Wildman–Crippen MR) is 93.9 cm³/mol. The van der Waals surface area contributed by atoms with Crippen LogP contribution in [-0.2, 0) is 17.4 Å². The number of carbonyl (C=O) groups is 1. The maximum Gasteiger partial charge on any atom is 0.453 e. The van der Waals surface area contributed by atoms with Gasteiger partial charge in [-0.25, -0.2) is 0 Å². The highest BCUT2D eigenvalue weighted by Gasteiger charge is 2.40. The molecule has 1 heterocycles. The summed E-state index contributed by atoms with van der Waals surface area (Å²) < 4.78 is 55.5. The number of aryl methyl sites for hydroxylation is 1. The van der Waals surface area contributed by atoms with Gasteiger partial charge in [-0.1, -0.05) is 19.1 Å².